The van der Waals surface area contributed by atoms with E-state index >= 15 is 0 Å². The number of hydrogen-bond donors (Lipinski definition) is 1. The number of amides is 2. The van der Waals surface area contributed by atoms with E-state index in [0.717, 1.165) is 15.6 Å². The van der Waals surface area contributed by atoms with E-state index < -0.39 is 11.6 Å². The van der Waals surface area contributed by atoms with E-state index in [1.54, 1.807) is 35.2 Å². The van der Waals surface area contributed by atoms with Gasteiger partial charge in [0.05, 0.1) is 5.02 Å². The Hall–Kier alpha value is -2.54. The van der Waals surface area contributed by atoms with Crippen molar-refractivity contribution in [2.24, 2.45) is 0 Å². The van der Waals surface area contributed by atoms with Crippen LogP contribution in [0.15, 0.2) is 77.3 Å². The third-order valence-electron chi connectivity index (χ3n) is 5.28. The highest BCUT2D eigenvalue weighted by Gasteiger charge is 2.32. The maximum atomic E-state index is 13.6. The van der Waals surface area contributed by atoms with Gasteiger partial charge in [-0.15, -0.1) is 0 Å². The normalized spacial score (nSPS) is 12.1. The summed E-state index contributed by atoms with van der Waals surface area (Å²) in [6.45, 7) is 5.67. The van der Waals surface area contributed by atoms with Crippen LogP contribution in [0.25, 0.3) is 0 Å². The first-order chi connectivity index (χ1) is 17.0. The zero-order valence-electron chi connectivity index (χ0n) is 20.4. The molecule has 0 spiro atoms. The van der Waals surface area contributed by atoms with Crippen LogP contribution in [-0.2, 0) is 22.6 Å². The minimum atomic E-state index is -0.765. The standard InChI is InChI=1S/C28H29BrCl2N2O3/c1-28(2,3)32-27(35)24(15-19-7-5-4-6-8-19)33(17-20-9-12-22(30)13-10-20)26(34)18-36-25-14-11-21(29)16-23(25)31/h4-14,16,24H,15,17-18H2,1-3H3,(H,32,35). The molecule has 3 aromatic rings. The quantitative estimate of drug-likeness (QED) is 0.302. The van der Waals surface area contributed by atoms with Gasteiger partial charge >= 0.3 is 0 Å². The summed E-state index contributed by atoms with van der Waals surface area (Å²) in [5.41, 5.74) is 1.32. The molecule has 3 aromatic carbocycles. The van der Waals surface area contributed by atoms with Crippen molar-refractivity contribution in [1.29, 1.82) is 0 Å². The van der Waals surface area contributed by atoms with Crippen molar-refractivity contribution < 1.29 is 14.3 Å². The molecule has 36 heavy (non-hydrogen) atoms. The van der Waals surface area contributed by atoms with E-state index in [0.29, 0.717) is 22.2 Å². The van der Waals surface area contributed by atoms with Crippen molar-refractivity contribution in [2.45, 2.75) is 45.3 Å². The van der Waals surface area contributed by atoms with Crippen LogP contribution in [0.5, 0.6) is 5.75 Å². The second-order valence-electron chi connectivity index (χ2n) is 9.46. The smallest absolute Gasteiger partial charge is 0.261 e. The van der Waals surface area contributed by atoms with Crippen molar-refractivity contribution in [3.63, 3.8) is 0 Å². The first kappa shape index (κ1) is 28.0. The van der Waals surface area contributed by atoms with Gasteiger partial charge in [-0.2, -0.15) is 0 Å². The second-order valence-corrected chi connectivity index (χ2v) is 11.2. The average Bonchev–Trinajstić information content (AvgIpc) is 2.81. The fraction of sp³-hybridized carbons (Fsp3) is 0.286. The van der Waals surface area contributed by atoms with Gasteiger partial charge in [-0.25, -0.2) is 0 Å². The number of carbonyl (C=O) groups is 2. The molecule has 0 saturated heterocycles. The molecule has 0 aliphatic rings. The fourth-order valence-corrected chi connectivity index (χ4v) is 4.46. The Balaban J connectivity index is 1.93. The number of ether oxygens (including phenoxy) is 1. The van der Waals surface area contributed by atoms with Gasteiger partial charge in [0, 0.05) is 28.0 Å². The second kappa shape index (κ2) is 12.6. The Labute approximate surface area is 230 Å². The van der Waals surface area contributed by atoms with E-state index in [2.05, 4.69) is 21.2 Å². The molecule has 1 unspecified atom stereocenters. The van der Waals surface area contributed by atoms with Crippen molar-refractivity contribution in [2.75, 3.05) is 6.61 Å². The fourth-order valence-electron chi connectivity index (χ4n) is 3.61. The number of halogens is 3. The molecular formula is C28H29BrCl2N2O3. The van der Waals surface area contributed by atoms with Crippen molar-refractivity contribution in [1.82, 2.24) is 10.2 Å². The molecule has 1 atom stereocenters. The lowest BCUT2D eigenvalue weighted by molar-refractivity contribution is -0.143. The summed E-state index contributed by atoms with van der Waals surface area (Å²) in [7, 11) is 0. The van der Waals surface area contributed by atoms with Gasteiger partial charge < -0.3 is 15.0 Å². The molecule has 0 aromatic heterocycles. The molecule has 2 amide bonds. The number of benzene rings is 3. The summed E-state index contributed by atoms with van der Waals surface area (Å²) < 4.78 is 6.58. The minimum absolute atomic E-state index is 0.211. The van der Waals surface area contributed by atoms with E-state index in [1.807, 2.05) is 63.2 Å². The van der Waals surface area contributed by atoms with Crippen molar-refractivity contribution in [3.8, 4) is 5.75 Å². The highest BCUT2D eigenvalue weighted by atomic mass is 79.9. The highest BCUT2D eigenvalue weighted by Crippen LogP contribution is 2.28. The maximum Gasteiger partial charge on any atom is 0.261 e. The highest BCUT2D eigenvalue weighted by molar-refractivity contribution is 9.10. The summed E-state index contributed by atoms with van der Waals surface area (Å²) in [6, 6.07) is 21.3. The number of nitrogens with zero attached hydrogens (tertiary/aromatic N) is 1. The first-order valence-corrected chi connectivity index (χ1v) is 13.0. The zero-order valence-corrected chi connectivity index (χ0v) is 23.5. The number of hydrogen-bond acceptors (Lipinski definition) is 3. The molecule has 0 heterocycles. The van der Waals surface area contributed by atoms with Crippen LogP contribution in [0, 0.1) is 0 Å². The van der Waals surface area contributed by atoms with Crippen LogP contribution in [0.3, 0.4) is 0 Å². The Morgan fingerprint density at radius 2 is 1.64 bits per heavy atom. The molecule has 0 fully saturated rings. The Morgan fingerprint density at radius 1 is 0.972 bits per heavy atom. The van der Waals surface area contributed by atoms with Crippen LogP contribution in [0.4, 0.5) is 0 Å². The number of nitrogens with one attached hydrogen (secondary N) is 1. The lowest BCUT2D eigenvalue weighted by atomic mass is 10.0. The Morgan fingerprint density at radius 3 is 2.25 bits per heavy atom. The first-order valence-electron chi connectivity index (χ1n) is 11.5. The van der Waals surface area contributed by atoms with Crippen LogP contribution in [0.2, 0.25) is 10.0 Å². The predicted octanol–water partition coefficient (Wildman–Crippen LogP) is 6.69. The monoisotopic (exact) mass is 590 g/mol. The maximum absolute atomic E-state index is 13.6. The molecule has 0 aliphatic heterocycles. The summed E-state index contributed by atoms with van der Waals surface area (Å²) in [4.78, 5) is 28.7. The van der Waals surface area contributed by atoms with Gasteiger partial charge in [-0.1, -0.05) is 81.6 Å². The van der Waals surface area contributed by atoms with E-state index in [1.165, 1.54) is 0 Å². The van der Waals surface area contributed by atoms with Gasteiger partial charge in [-0.05, 0) is 62.2 Å². The number of carbonyl (C=O) groups excluding carboxylic acids is 2. The lowest BCUT2D eigenvalue weighted by Crippen LogP contribution is -2.55. The van der Waals surface area contributed by atoms with E-state index in [4.69, 9.17) is 27.9 Å². The van der Waals surface area contributed by atoms with Gasteiger partial charge in [0.15, 0.2) is 6.61 Å². The SMILES string of the molecule is CC(C)(C)NC(=O)C(Cc1ccccc1)N(Cc1ccc(Cl)cc1)C(=O)COc1ccc(Br)cc1Cl. The molecule has 0 bridgehead atoms. The zero-order chi connectivity index (χ0) is 26.3. The average molecular weight is 592 g/mol. The summed E-state index contributed by atoms with van der Waals surface area (Å²) >= 11 is 15.7. The van der Waals surface area contributed by atoms with Gasteiger partial charge in [0.25, 0.3) is 5.91 Å². The summed E-state index contributed by atoms with van der Waals surface area (Å²) in [5, 5.41) is 4.01. The molecule has 0 aliphatic carbocycles. The predicted molar refractivity (Wildman–Crippen MR) is 148 cm³/mol. The minimum Gasteiger partial charge on any atom is -0.482 e. The lowest BCUT2D eigenvalue weighted by Gasteiger charge is -2.33. The largest absolute Gasteiger partial charge is 0.482 e. The van der Waals surface area contributed by atoms with Crippen LogP contribution in [0.1, 0.15) is 31.9 Å². The molecule has 0 saturated carbocycles. The Bertz CT molecular complexity index is 1180. The summed E-state index contributed by atoms with van der Waals surface area (Å²) in [5.74, 6) is -0.192. The molecule has 1 N–H and O–H groups in total. The van der Waals surface area contributed by atoms with Crippen LogP contribution >= 0.6 is 39.1 Å². The molecule has 3 rings (SSSR count). The molecule has 5 nitrogen and oxygen atoms in total. The topological polar surface area (TPSA) is 58.6 Å². The molecule has 190 valence electrons. The van der Waals surface area contributed by atoms with E-state index in [-0.39, 0.29) is 25.0 Å². The number of rotatable bonds is 9. The molecule has 0 radical (unpaired) electrons. The Kier molecular flexibility index (Phi) is 9.83. The van der Waals surface area contributed by atoms with E-state index in [9.17, 15) is 9.59 Å². The van der Waals surface area contributed by atoms with Gasteiger partial charge in [0.1, 0.15) is 11.8 Å². The third-order valence-corrected chi connectivity index (χ3v) is 6.32. The van der Waals surface area contributed by atoms with Gasteiger partial charge in [-0.3, -0.25) is 9.59 Å². The molecular weight excluding hydrogens is 563 g/mol. The van der Waals surface area contributed by atoms with Gasteiger partial charge in [0.2, 0.25) is 5.91 Å². The van der Waals surface area contributed by atoms with Crippen molar-refractivity contribution in [3.05, 3.63) is 98.4 Å². The third kappa shape index (κ3) is 8.54. The van der Waals surface area contributed by atoms with Crippen LogP contribution in [-0.4, -0.2) is 34.9 Å². The summed E-state index contributed by atoms with van der Waals surface area (Å²) in [6.07, 6.45) is 0.348. The van der Waals surface area contributed by atoms with Crippen LogP contribution < -0.4 is 10.1 Å². The molecule has 8 heteroatoms. The van der Waals surface area contributed by atoms with Crippen molar-refractivity contribution >= 4 is 50.9 Å².